The SMILES string of the molecule is COCc1ccccc1CNC[C@]1(CO)COC[C@@H](C)N1C. The van der Waals surface area contributed by atoms with Gasteiger partial charge in [-0.1, -0.05) is 24.3 Å². The minimum atomic E-state index is -0.353. The van der Waals surface area contributed by atoms with Gasteiger partial charge in [-0.25, -0.2) is 0 Å². The first-order valence-corrected chi connectivity index (χ1v) is 7.81. The Morgan fingerprint density at radius 3 is 2.82 bits per heavy atom. The molecule has 124 valence electrons. The first-order chi connectivity index (χ1) is 10.6. The van der Waals surface area contributed by atoms with Crippen LogP contribution in [0.15, 0.2) is 24.3 Å². The molecule has 0 bridgehead atoms. The van der Waals surface area contributed by atoms with Crippen molar-refractivity contribution in [2.24, 2.45) is 0 Å². The third kappa shape index (κ3) is 3.86. The van der Waals surface area contributed by atoms with Crippen molar-refractivity contribution < 1.29 is 14.6 Å². The second-order valence-electron chi connectivity index (χ2n) is 6.16. The summed E-state index contributed by atoms with van der Waals surface area (Å²) in [5.41, 5.74) is 2.07. The molecule has 1 heterocycles. The summed E-state index contributed by atoms with van der Waals surface area (Å²) in [5, 5.41) is 13.4. The molecule has 1 fully saturated rings. The molecule has 1 aliphatic rings. The van der Waals surface area contributed by atoms with Crippen molar-refractivity contribution in [3.05, 3.63) is 35.4 Å². The lowest BCUT2D eigenvalue weighted by atomic mass is 9.95. The van der Waals surface area contributed by atoms with E-state index in [-0.39, 0.29) is 12.1 Å². The number of ether oxygens (including phenoxy) is 2. The van der Waals surface area contributed by atoms with Crippen LogP contribution in [0.3, 0.4) is 0 Å². The summed E-state index contributed by atoms with van der Waals surface area (Å²) in [5.74, 6) is 0. The molecular weight excluding hydrogens is 280 g/mol. The molecule has 0 radical (unpaired) electrons. The normalized spacial score (nSPS) is 26.3. The lowest BCUT2D eigenvalue weighted by molar-refractivity contribution is -0.106. The molecule has 22 heavy (non-hydrogen) atoms. The van der Waals surface area contributed by atoms with Crippen LogP contribution < -0.4 is 5.32 Å². The number of nitrogens with one attached hydrogen (secondary N) is 1. The molecule has 0 spiro atoms. The maximum absolute atomic E-state index is 9.88. The maximum atomic E-state index is 9.88. The Kier molecular flexibility index (Phi) is 6.35. The van der Waals surface area contributed by atoms with Gasteiger partial charge in [-0.05, 0) is 25.1 Å². The molecule has 0 aliphatic carbocycles. The summed E-state index contributed by atoms with van der Waals surface area (Å²) in [7, 11) is 3.77. The Balaban J connectivity index is 1.97. The highest BCUT2D eigenvalue weighted by Crippen LogP contribution is 2.22. The number of aliphatic hydroxyl groups excluding tert-OH is 1. The number of methoxy groups -OCH3 is 1. The third-order valence-electron chi connectivity index (χ3n) is 4.62. The Morgan fingerprint density at radius 2 is 2.14 bits per heavy atom. The van der Waals surface area contributed by atoms with E-state index in [9.17, 15) is 5.11 Å². The molecule has 0 amide bonds. The second kappa shape index (κ2) is 8.04. The number of benzene rings is 1. The van der Waals surface area contributed by atoms with Crippen LogP contribution in [-0.4, -0.2) is 62.1 Å². The number of morpholine rings is 1. The van der Waals surface area contributed by atoms with Crippen molar-refractivity contribution in [1.82, 2.24) is 10.2 Å². The summed E-state index contributed by atoms with van der Waals surface area (Å²) in [6.45, 7) is 5.53. The van der Waals surface area contributed by atoms with E-state index in [4.69, 9.17) is 9.47 Å². The number of rotatable bonds is 7. The first kappa shape index (κ1) is 17.4. The zero-order valence-electron chi connectivity index (χ0n) is 13.8. The highest BCUT2D eigenvalue weighted by atomic mass is 16.5. The molecular formula is C17H28N2O3. The van der Waals surface area contributed by atoms with Gasteiger partial charge in [-0.15, -0.1) is 0 Å². The molecule has 0 aromatic heterocycles. The molecule has 2 N–H and O–H groups in total. The first-order valence-electron chi connectivity index (χ1n) is 7.81. The molecule has 1 aromatic rings. The zero-order chi connectivity index (χ0) is 16.0. The second-order valence-corrected chi connectivity index (χ2v) is 6.16. The van der Waals surface area contributed by atoms with E-state index in [2.05, 4.69) is 36.3 Å². The van der Waals surface area contributed by atoms with Gasteiger partial charge in [0.25, 0.3) is 0 Å². The fourth-order valence-corrected chi connectivity index (χ4v) is 2.95. The van der Waals surface area contributed by atoms with E-state index in [0.29, 0.717) is 25.8 Å². The lowest BCUT2D eigenvalue weighted by Gasteiger charge is -2.47. The number of nitrogens with zero attached hydrogens (tertiary/aromatic N) is 1. The van der Waals surface area contributed by atoms with Crippen molar-refractivity contribution >= 4 is 0 Å². The summed E-state index contributed by atoms with van der Waals surface area (Å²) in [6.07, 6.45) is 0. The van der Waals surface area contributed by atoms with E-state index >= 15 is 0 Å². The smallest absolute Gasteiger partial charge is 0.0802 e. The highest BCUT2D eigenvalue weighted by molar-refractivity contribution is 5.26. The molecule has 2 rings (SSSR count). The van der Waals surface area contributed by atoms with Crippen molar-refractivity contribution in [3.8, 4) is 0 Å². The van der Waals surface area contributed by atoms with Crippen molar-refractivity contribution in [2.45, 2.75) is 31.7 Å². The topological polar surface area (TPSA) is 54.0 Å². The average molecular weight is 308 g/mol. The number of aliphatic hydroxyl groups is 1. The Hall–Kier alpha value is -0.980. The Morgan fingerprint density at radius 1 is 1.41 bits per heavy atom. The van der Waals surface area contributed by atoms with E-state index in [1.807, 2.05) is 12.1 Å². The van der Waals surface area contributed by atoms with Crippen LogP contribution in [0.25, 0.3) is 0 Å². The Bertz CT molecular complexity index is 469. The van der Waals surface area contributed by atoms with Crippen molar-refractivity contribution in [1.29, 1.82) is 0 Å². The van der Waals surface area contributed by atoms with Gasteiger partial charge < -0.3 is 19.9 Å². The standard InChI is InChI=1S/C17H28N2O3/c1-14-9-22-13-17(12-20,19(14)2)11-18-8-15-6-4-5-7-16(15)10-21-3/h4-7,14,18,20H,8-13H2,1-3H3/t14-,17+/m1/s1. The fourth-order valence-electron chi connectivity index (χ4n) is 2.95. The third-order valence-corrected chi connectivity index (χ3v) is 4.62. The molecule has 1 saturated heterocycles. The van der Waals surface area contributed by atoms with Gasteiger partial charge in [0.2, 0.25) is 0 Å². The molecule has 2 atom stereocenters. The fraction of sp³-hybridized carbons (Fsp3) is 0.647. The van der Waals surface area contributed by atoms with Crippen LogP contribution in [0.1, 0.15) is 18.1 Å². The number of likely N-dealkylation sites (N-methyl/N-ethyl adjacent to an activating group) is 1. The molecule has 1 aliphatic heterocycles. The predicted octanol–water partition coefficient (Wildman–Crippen LogP) is 1.00. The predicted molar refractivity (Wildman–Crippen MR) is 86.7 cm³/mol. The van der Waals surface area contributed by atoms with Gasteiger partial charge in [0.05, 0.1) is 32.0 Å². The minimum absolute atomic E-state index is 0.0839. The van der Waals surface area contributed by atoms with Crippen LogP contribution in [0, 0.1) is 0 Å². The van der Waals surface area contributed by atoms with E-state index in [0.717, 1.165) is 13.2 Å². The van der Waals surface area contributed by atoms with Gasteiger partial charge in [-0.2, -0.15) is 0 Å². The number of hydrogen-bond donors (Lipinski definition) is 2. The molecule has 5 nitrogen and oxygen atoms in total. The van der Waals surface area contributed by atoms with Crippen molar-refractivity contribution in [3.63, 3.8) is 0 Å². The van der Waals surface area contributed by atoms with E-state index in [1.165, 1.54) is 11.1 Å². The monoisotopic (exact) mass is 308 g/mol. The molecule has 0 unspecified atom stereocenters. The van der Waals surface area contributed by atoms with Crippen LogP contribution in [0.5, 0.6) is 0 Å². The van der Waals surface area contributed by atoms with E-state index in [1.54, 1.807) is 7.11 Å². The van der Waals surface area contributed by atoms with Gasteiger partial charge in [-0.3, -0.25) is 4.90 Å². The largest absolute Gasteiger partial charge is 0.394 e. The zero-order valence-corrected chi connectivity index (χ0v) is 13.8. The van der Waals surface area contributed by atoms with Crippen molar-refractivity contribution in [2.75, 3.05) is 40.5 Å². The van der Waals surface area contributed by atoms with Gasteiger partial charge >= 0.3 is 0 Å². The summed E-state index contributed by atoms with van der Waals surface area (Å²) in [6, 6.07) is 8.56. The average Bonchev–Trinajstić information content (AvgIpc) is 2.53. The minimum Gasteiger partial charge on any atom is -0.394 e. The summed E-state index contributed by atoms with van der Waals surface area (Å²) in [4.78, 5) is 2.23. The number of hydrogen-bond acceptors (Lipinski definition) is 5. The van der Waals surface area contributed by atoms with E-state index < -0.39 is 0 Å². The van der Waals surface area contributed by atoms with Gasteiger partial charge in [0.1, 0.15) is 0 Å². The maximum Gasteiger partial charge on any atom is 0.0802 e. The highest BCUT2D eigenvalue weighted by Gasteiger charge is 2.39. The van der Waals surface area contributed by atoms with Crippen LogP contribution in [-0.2, 0) is 22.6 Å². The van der Waals surface area contributed by atoms with Crippen LogP contribution in [0.2, 0.25) is 0 Å². The van der Waals surface area contributed by atoms with Gasteiger partial charge in [0, 0.05) is 26.2 Å². The summed E-state index contributed by atoms with van der Waals surface area (Å²) >= 11 is 0. The van der Waals surface area contributed by atoms with Crippen LogP contribution >= 0.6 is 0 Å². The lowest BCUT2D eigenvalue weighted by Crippen LogP contribution is -2.65. The van der Waals surface area contributed by atoms with Crippen LogP contribution in [0.4, 0.5) is 0 Å². The molecule has 0 saturated carbocycles. The summed E-state index contributed by atoms with van der Waals surface area (Å²) < 4.78 is 10.9. The quantitative estimate of drug-likeness (QED) is 0.787. The van der Waals surface area contributed by atoms with Gasteiger partial charge in [0.15, 0.2) is 0 Å². The molecule has 1 aromatic carbocycles. The Labute approximate surface area is 133 Å². The molecule has 5 heteroatoms.